The van der Waals surface area contributed by atoms with E-state index in [0.29, 0.717) is 11.5 Å². The van der Waals surface area contributed by atoms with Crippen LogP contribution >= 0.6 is 0 Å². The van der Waals surface area contributed by atoms with Gasteiger partial charge in [-0.25, -0.2) is 0 Å². The molecule has 0 radical (unpaired) electrons. The van der Waals surface area contributed by atoms with Gasteiger partial charge in [0.1, 0.15) is 5.69 Å². The van der Waals surface area contributed by atoms with Gasteiger partial charge in [-0.3, -0.25) is 5.10 Å². The van der Waals surface area contributed by atoms with Gasteiger partial charge in [0.05, 0.1) is 5.69 Å². The molecule has 0 amide bonds. The van der Waals surface area contributed by atoms with Crippen LogP contribution in [0.15, 0.2) is 36.9 Å². The smallest absolute Gasteiger partial charge is 0.222 e. The summed E-state index contributed by atoms with van der Waals surface area (Å²) in [7, 11) is 0. The summed E-state index contributed by atoms with van der Waals surface area (Å²) in [6.45, 7) is 5.63. The molecule has 86 valence electrons. The fraction of sp³-hybridized carbons (Fsp3) is 0.0909. The lowest BCUT2D eigenvalue weighted by molar-refractivity contribution is 0.881. The number of allylic oxidation sites excluding steroid dienone is 5. The Morgan fingerprint density at radius 2 is 2.29 bits per heavy atom. The van der Waals surface area contributed by atoms with E-state index in [1.165, 1.54) is 0 Å². The van der Waals surface area contributed by atoms with Crippen LogP contribution in [0.3, 0.4) is 0 Å². The molecular weight excluding hydrogens is 216 g/mol. The van der Waals surface area contributed by atoms with Crippen molar-refractivity contribution in [2.24, 2.45) is 0 Å². The molecule has 2 N–H and O–H groups in total. The maximum Gasteiger partial charge on any atom is 0.222 e. The third-order valence-corrected chi connectivity index (χ3v) is 2.10. The van der Waals surface area contributed by atoms with E-state index in [9.17, 15) is 0 Å². The average Bonchev–Trinajstić information content (AvgIpc) is 2.99. The van der Waals surface area contributed by atoms with Gasteiger partial charge in [-0.2, -0.15) is 10.3 Å². The van der Waals surface area contributed by atoms with Crippen molar-refractivity contribution in [3.8, 4) is 11.5 Å². The van der Waals surface area contributed by atoms with E-state index in [-0.39, 0.29) is 0 Å². The fourth-order valence-electron chi connectivity index (χ4n) is 1.39. The first-order valence-electron chi connectivity index (χ1n) is 5.10. The largest absolute Gasteiger partial charge is 0.274 e. The van der Waals surface area contributed by atoms with Crippen LogP contribution in [0.2, 0.25) is 0 Å². The van der Waals surface area contributed by atoms with Crippen molar-refractivity contribution in [3.63, 3.8) is 0 Å². The van der Waals surface area contributed by atoms with Gasteiger partial charge < -0.3 is 0 Å². The molecule has 0 aliphatic rings. The highest BCUT2D eigenvalue weighted by molar-refractivity contribution is 5.74. The van der Waals surface area contributed by atoms with Crippen LogP contribution in [0.25, 0.3) is 17.1 Å². The summed E-state index contributed by atoms with van der Waals surface area (Å²) in [6.07, 6.45) is 7.50. The maximum absolute atomic E-state index is 4.20. The number of rotatable bonds is 4. The standard InChI is InChI=1S/C11H12N6/c1-3-5-8(6-4-2)9-7-10(13-12-9)11-14-16-17-15-11/h3-7H,1H2,2H3,(H,12,13)(H,14,15,16,17)/b6-4-,8-5+. The summed E-state index contributed by atoms with van der Waals surface area (Å²) in [6, 6.07) is 1.86. The molecule has 0 spiro atoms. The third-order valence-electron chi connectivity index (χ3n) is 2.10. The van der Waals surface area contributed by atoms with Gasteiger partial charge in [-0.1, -0.05) is 30.9 Å². The van der Waals surface area contributed by atoms with Gasteiger partial charge in [0, 0.05) is 5.57 Å². The van der Waals surface area contributed by atoms with E-state index in [1.807, 2.05) is 31.2 Å². The summed E-state index contributed by atoms with van der Waals surface area (Å²) in [4.78, 5) is 0. The number of hydrogen-bond acceptors (Lipinski definition) is 4. The first-order valence-corrected chi connectivity index (χ1v) is 5.10. The van der Waals surface area contributed by atoms with Crippen LogP contribution in [0, 0.1) is 0 Å². The molecule has 0 saturated carbocycles. The lowest BCUT2D eigenvalue weighted by Crippen LogP contribution is -1.80. The molecule has 0 bridgehead atoms. The number of aromatic amines is 2. The van der Waals surface area contributed by atoms with Crippen molar-refractivity contribution in [1.82, 2.24) is 30.8 Å². The normalized spacial score (nSPS) is 12.2. The van der Waals surface area contributed by atoms with E-state index in [0.717, 1.165) is 11.3 Å². The molecule has 6 nitrogen and oxygen atoms in total. The first kappa shape index (κ1) is 11.0. The van der Waals surface area contributed by atoms with Crippen LogP contribution in [-0.4, -0.2) is 30.8 Å². The molecule has 2 aromatic heterocycles. The Hall–Kier alpha value is -2.50. The second-order valence-corrected chi connectivity index (χ2v) is 3.26. The van der Waals surface area contributed by atoms with Crippen LogP contribution in [0.5, 0.6) is 0 Å². The average molecular weight is 228 g/mol. The molecule has 2 aromatic rings. The Labute approximate surface area is 98.1 Å². The van der Waals surface area contributed by atoms with Crippen LogP contribution in [-0.2, 0) is 0 Å². The molecule has 0 fully saturated rings. The predicted octanol–water partition coefficient (Wildman–Crippen LogP) is 1.74. The zero-order valence-electron chi connectivity index (χ0n) is 9.38. The minimum atomic E-state index is 0.488. The van der Waals surface area contributed by atoms with Crippen molar-refractivity contribution in [2.45, 2.75) is 6.92 Å². The lowest BCUT2D eigenvalue weighted by Gasteiger charge is -1.93. The molecule has 2 heterocycles. The minimum Gasteiger partial charge on any atom is -0.274 e. The molecular formula is C11H12N6. The number of aromatic nitrogens is 6. The molecule has 0 unspecified atom stereocenters. The van der Waals surface area contributed by atoms with E-state index >= 15 is 0 Å². The quantitative estimate of drug-likeness (QED) is 0.781. The van der Waals surface area contributed by atoms with Crippen molar-refractivity contribution in [3.05, 3.63) is 42.6 Å². The van der Waals surface area contributed by atoms with Crippen LogP contribution < -0.4 is 0 Å². The molecule has 2 rings (SSSR count). The van der Waals surface area contributed by atoms with Crippen molar-refractivity contribution >= 4 is 5.57 Å². The van der Waals surface area contributed by atoms with E-state index in [4.69, 9.17) is 0 Å². The molecule has 0 aliphatic heterocycles. The van der Waals surface area contributed by atoms with Gasteiger partial charge >= 0.3 is 0 Å². The molecule has 0 saturated heterocycles. The summed E-state index contributed by atoms with van der Waals surface area (Å²) >= 11 is 0. The topological polar surface area (TPSA) is 83.1 Å². The lowest BCUT2D eigenvalue weighted by atomic mass is 10.1. The Kier molecular flexibility index (Phi) is 3.25. The third kappa shape index (κ3) is 2.36. The predicted molar refractivity (Wildman–Crippen MR) is 64.7 cm³/mol. The Balaban J connectivity index is 2.35. The van der Waals surface area contributed by atoms with Crippen LogP contribution in [0.1, 0.15) is 12.6 Å². The monoisotopic (exact) mass is 228 g/mol. The number of H-pyrrole nitrogens is 2. The zero-order chi connectivity index (χ0) is 12.1. The maximum atomic E-state index is 4.20. The van der Waals surface area contributed by atoms with Crippen molar-refractivity contribution in [1.29, 1.82) is 0 Å². The Morgan fingerprint density at radius 1 is 1.41 bits per heavy atom. The van der Waals surface area contributed by atoms with Gasteiger partial charge in [-0.05, 0) is 18.2 Å². The van der Waals surface area contributed by atoms with Gasteiger partial charge in [0.25, 0.3) is 0 Å². The summed E-state index contributed by atoms with van der Waals surface area (Å²) in [5, 5.41) is 20.7. The molecule has 0 atom stereocenters. The van der Waals surface area contributed by atoms with Crippen molar-refractivity contribution < 1.29 is 0 Å². The number of nitrogens with zero attached hydrogens (tertiary/aromatic N) is 4. The highest BCUT2D eigenvalue weighted by atomic mass is 15.5. The minimum absolute atomic E-state index is 0.488. The highest BCUT2D eigenvalue weighted by Crippen LogP contribution is 2.18. The highest BCUT2D eigenvalue weighted by Gasteiger charge is 2.08. The zero-order valence-corrected chi connectivity index (χ0v) is 9.38. The van der Waals surface area contributed by atoms with Crippen LogP contribution in [0.4, 0.5) is 0 Å². The second kappa shape index (κ2) is 5.02. The fourth-order valence-corrected chi connectivity index (χ4v) is 1.39. The second-order valence-electron chi connectivity index (χ2n) is 3.26. The Bertz CT molecular complexity index is 546. The van der Waals surface area contributed by atoms with Gasteiger partial charge in [0.15, 0.2) is 0 Å². The number of tetrazole rings is 1. The van der Waals surface area contributed by atoms with Crippen molar-refractivity contribution in [2.75, 3.05) is 0 Å². The molecule has 6 heteroatoms. The summed E-state index contributed by atoms with van der Waals surface area (Å²) in [5.41, 5.74) is 2.49. The first-order chi connectivity index (χ1) is 8.35. The van der Waals surface area contributed by atoms with Gasteiger partial charge in [-0.15, -0.1) is 10.2 Å². The summed E-state index contributed by atoms with van der Waals surface area (Å²) in [5.74, 6) is 0.488. The molecule has 0 aliphatic carbocycles. The van der Waals surface area contributed by atoms with E-state index < -0.39 is 0 Å². The van der Waals surface area contributed by atoms with Gasteiger partial charge in [0.2, 0.25) is 5.82 Å². The number of hydrogen-bond donors (Lipinski definition) is 2. The molecule has 17 heavy (non-hydrogen) atoms. The number of nitrogens with one attached hydrogen (secondary N) is 2. The summed E-state index contributed by atoms with van der Waals surface area (Å²) < 4.78 is 0. The Morgan fingerprint density at radius 3 is 2.94 bits per heavy atom. The van der Waals surface area contributed by atoms with E-state index in [2.05, 4.69) is 37.4 Å². The van der Waals surface area contributed by atoms with E-state index in [1.54, 1.807) is 6.08 Å². The molecule has 0 aromatic carbocycles. The SMILES string of the molecule is C=C/C=C(\C=C/C)c1cc(-c2nn[nH]n2)[nH]n1.